The topological polar surface area (TPSA) is 103 Å². The molecule has 0 fully saturated rings. The summed E-state index contributed by atoms with van der Waals surface area (Å²) in [7, 11) is 0. The predicted octanol–water partition coefficient (Wildman–Crippen LogP) is 3.75. The fraction of sp³-hybridized carbons (Fsp3) is 0.105. The van der Waals surface area contributed by atoms with Gasteiger partial charge in [0, 0.05) is 5.56 Å². The second-order valence-corrected chi connectivity index (χ2v) is 6.71. The lowest BCUT2D eigenvalue weighted by Gasteiger charge is -2.05. The van der Waals surface area contributed by atoms with E-state index in [-0.39, 0.29) is 11.6 Å². The Bertz CT molecular complexity index is 1040. The van der Waals surface area contributed by atoms with Gasteiger partial charge in [-0.3, -0.25) is 15.5 Å². The summed E-state index contributed by atoms with van der Waals surface area (Å²) >= 11 is 1.08. The van der Waals surface area contributed by atoms with E-state index in [1.54, 1.807) is 24.3 Å². The first-order valence-corrected chi connectivity index (χ1v) is 8.90. The van der Waals surface area contributed by atoms with Crippen LogP contribution in [0.25, 0.3) is 0 Å². The Morgan fingerprint density at radius 1 is 1.15 bits per heavy atom. The number of nitriles is 1. The lowest BCUT2D eigenvalue weighted by molar-refractivity contribution is 0.102. The Balaban J connectivity index is 1.73. The van der Waals surface area contributed by atoms with Crippen molar-refractivity contribution in [3.8, 4) is 6.07 Å². The summed E-state index contributed by atoms with van der Waals surface area (Å²) in [6.07, 6.45) is 0. The van der Waals surface area contributed by atoms with Gasteiger partial charge in [-0.05, 0) is 37.6 Å². The molecule has 0 saturated heterocycles. The van der Waals surface area contributed by atoms with E-state index in [2.05, 4.69) is 26.0 Å². The molecule has 8 heteroatoms. The Kier molecular flexibility index (Phi) is 5.54. The standard InChI is InChI=1S/C19H16N6OS/c1-12-8-9-15(13(2)10-12)22-23-16(11-20)18-24-25-19(27-18)21-17(26)14-6-4-3-5-7-14/h3-10,22H,1-2H3,(H,21,25,26)/b23-16-. The maximum atomic E-state index is 12.2. The number of nitrogens with zero attached hydrogens (tertiary/aromatic N) is 4. The molecule has 7 nitrogen and oxygen atoms in total. The van der Waals surface area contributed by atoms with Gasteiger partial charge in [0.2, 0.25) is 5.13 Å². The van der Waals surface area contributed by atoms with Crippen LogP contribution in [0.15, 0.2) is 53.6 Å². The van der Waals surface area contributed by atoms with Gasteiger partial charge in [0.15, 0.2) is 10.7 Å². The van der Waals surface area contributed by atoms with E-state index in [4.69, 9.17) is 0 Å². The number of rotatable bonds is 5. The predicted molar refractivity (Wildman–Crippen MR) is 106 cm³/mol. The van der Waals surface area contributed by atoms with Crippen LogP contribution in [0.4, 0.5) is 10.8 Å². The molecule has 0 spiro atoms. The minimum Gasteiger partial charge on any atom is -0.296 e. The van der Waals surface area contributed by atoms with Crippen molar-refractivity contribution in [2.45, 2.75) is 13.8 Å². The number of carbonyl (C=O) groups is 1. The number of aryl methyl sites for hydroxylation is 2. The van der Waals surface area contributed by atoms with E-state index in [9.17, 15) is 10.1 Å². The average molecular weight is 376 g/mol. The third-order valence-corrected chi connectivity index (χ3v) is 4.51. The Morgan fingerprint density at radius 3 is 2.63 bits per heavy atom. The Morgan fingerprint density at radius 2 is 1.93 bits per heavy atom. The summed E-state index contributed by atoms with van der Waals surface area (Å²) in [6.45, 7) is 3.96. The van der Waals surface area contributed by atoms with Gasteiger partial charge in [-0.2, -0.15) is 10.4 Å². The number of nitrogens with one attached hydrogen (secondary N) is 2. The molecule has 0 aliphatic rings. The first-order valence-electron chi connectivity index (χ1n) is 8.08. The minimum atomic E-state index is -0.290. The van der Waals surface area contributed by atoms with Gasteiger partial charge >= 0.3 is 0 Å². The van der Waals surface area contributed by atoms with Crippen molar-refractivity contribution in [3.05, 3.63) is 70.2 Å². The lowest BCUT2D eigenvalue weighted by Crippen LogP contribution is -2.11. The number of hydrazone groups is 1. The van der Waals surface area contributed by atoms with Crippen molar-refractivity contribution >= 4 is 33.8 Å². The monoisotopic (exact) mass is 376 g/mol. The SMILES string of the molecule is Cc1ccc(N/N=C(/C#N)c2nnc(NC(=O)c3ccccc3)s2)c(C)c1. The van der Waals surface area contributed by atoms with E-state index >= 15 is 0 Å². The summed E-state index contributed by atoms with van der Waals surface area (Å²) in [6, 6.07) is 16.7. The molecule has 134 valence electrons. The molecular formula is C19H16N6OS. The molecule has 1 aromatic heterocycles. The van der Waals surface area contributed by atoms with Gasteiger partial charge in [-0.1, -0.05) is 47.2 Å². The van der Waals surface area contributed by atoms with Crippen molar-refractivity contribution in [2.75, 3.05) is 10.7 Å². The zero-order valence-corrected chi connectivity index (χ0v) is 15.5. The van der Waals surface area contributed by atoms with Crippen LogP contribution in [0.3, 0.4) is 0 Å². The summed E-state index contributed by atoms with van der Waals surface area (Å²) in [5, 5.41) is 24.6. The zero-order valence-electron chi connectivity index (χ0n) is 14.7. The summed E-state index contributed by atoms with van der Waals surface area (Å²) < 4.78 is 0. The zero-order chi connectivity index (χ0) is 19.2. The number of amides is 1. The number of benzene rings is 2. The molecule has 2 N–H and O–H groups in total. The smallest absolute Gasteiger partial charge is 0.257 e. The van der Waals surface area contributed by atoms with Crippen LogP contribution in [0.5, 0.6) is 0 Å². The summed E-state index contributed by atoms with van der Waals surface area (Å²) in [4.78, 5) is 12.2. The summed E-state index contributed by atoms with van der Waals surface area (Å²) in [5.74, 6) is -0.290. The largest absolute Gasteiger partial charge is 0.296 e. The van der Waals surface area contributed by atoms with Crippen molar-refractivity contribution in [2.24, 2.45) is 5.10 Å². The fourth-order valence-electron chi connectivity index (χ4n) is 2.30. The van der Waals surface area contributed by atoms with Gasteiger partial charge in [-0.25, -0.2) is 0 Å². The molecule has 0 atom stereocenters. The third kappa shape index (κ3) is 4.54. The molecule has 0 aliphatic carbocycles. The molecule has 2 aromatic carbocycles. The molecule has 0 radical (unpaired) electrons. The number of hydrogen-bond acceptors (Lipinski definition) is 7. The number of carbonyl (C=O) groups excluding carboxylic acids is 1. The second-order valence-electron chi connectivity index (χ2n) is 5.73. The van der Waals surface area contributed by atoms with Crippen molar-refractivity contribution in [1.82, 2.24) is 10.2 Å². The van der Waals surface area contributed by atoms with Gasteiger partial charge in [-0.15, -0.1) is 10.2 Å². The van der Waals surface area contributed by atoms with Crippen LogP contribution >= 0.6 is 11.3 Å². The average Bonchev–Trinajstić information content (AvgIpc) is 3.12. The van der Waals surface area contributed by atoms with E-state index in [0.717, 1.165) is 28.2 Å². The highest BCUT2D eigenvalue weighted by Gasteiger charge is 2.14. The second kappa shape index (κ2) is 8.21. The Hall–Kier alpha value is -3.57. The third-order valence-electron chi connectivity index (χ3n) is 3.66. The minimum absolute atomic E-state index is 0.0904. The van der Waals surface area contributed by atoms with Crippen LogP contribution in [-0.4, -0.2) is 21.8 Å². The molecule has 0 saturated carbocycles. The highest BCUT2D eigenvalue weighted by molar-refractivity contribution is 7.17. The van der Waals surface area contributed by atoms with Gasteiger partial charge in [0.05, 0.1) is 5.69 Å². The number of aromatic nitrogens is 2. The first kappa shape index (κ1) is 18.2. The highest BCUT2D eigenvalue weighted by atomic mass is 32.1. The van der Waals surface area contributed by atoms with Crippen LogP contribution in [0.2, 0.25) is 0 Å². The molecule has 3 rings (SSSR count). The quantitative estimate of drug-likeness (QED) is 0.521. The normalized spacial score (nSPS) is 10.9. The molecule has 0 bridgehead atoms. The van der Waals surface area contributed by atoms with E-state index in [1.165, 1.54) is 0 Å². The molecule has 27 heavy (non-hydrogen) atoms. The van der Waals surface area contributed by atoms with Crippen LogP contribution in [0.1, 0.15) is 26.5 Å². The fourth-order valence-corrected chi connectivity index (χ4v) is 2.98. The highest BCUT2D eigenvalue weighted by Crippen LogP contribution is 2.19. The molecule has 0 aliphatic heterocycles. The van der Waals surface area contributed by atoms with E-state index in [1.807, 2.05) is 44.2 Å². The number of hydrogen-bond donors (Lipinski definition) is 2. The molecule has 1 amide bonds. The van der Waals surface area contributed by atoms with Crippen molar-refractivity contribution < 1.29 is 4.79 Å². The lowest BCUT2D eigenvalue weighted by atomic mass is 10.1. The summed E-state index contributed by atoms with van der Waals surface area (Å²) in [5.41, 5.74) is 6.45. The van der Waals surface area contributed by atoms with Crippen LogP contribution < -0.4 is 10.7 Å². The van der Waals surface area contributed by atoms with E-state index < -0.39 is 0 Å². The maximum absolute atomic E-state index is 12.2. The van der Waals surface area contributed by atoms with Crippen molar-refractivity contribution in [1.29, 1.82) is 5.26 Å². The van der Waals surface area contributed by atoms with Gasteiger partial charge in [0.25, 0.3) is 5.91 Å². The van der Waals surface area contributed by atoms with E-state index in [0.29, 0.717) is 15.7 Å². The molecular weight excluding hydrogens is 360 g/mol. The van der Waals surface area contributed by atoms with Crippen molar-refractivity contribution in [3.63, 3.8) is 0 Å². The first-order chi connectivity index (χ1) is 13.1. The Labute approximate surface area is 160 Å². The number of anilines is 2. The maximum Gasteiger partial charge on any atom is 0.257 e. The molecule has 3 aromatic rings. The van der Waals surface area contributed by atoms with Gasteiger partial charge in [0.1, 0.15) is 6.07 Å². The van der Waals surface area contributed by atoms with Crippen LogP contribution in [-0.2, 0) is 0 Å². The molecule has 1 heterocycles. The molecule has 0 unspecified atom stereocenters. The van der Waals surface area contributed by atoms with Gasteiger partial charge < -0.3 is 0 Å². The van der Waals surface area contributed by atoms with Crippen LogP contribution in [0, 0.1) is 25.2 Å².